The third-order valence-corrected chi connectivity index (χ3v) is 3.34. The molecule has 0 saturated carbocycles. The van der Waals surface area contributed by atoms with Gasteiger partial charge in [-0.2, -0.15) is 0 Å². The number of amides is 2. The van der Waals surface area contributed by atoms with E-state index in [2.05, 4.69) is 5.32 Å². The summed E-state index contributed by atoms with van der Waals surface area (Å²) in [5, 5.41) is 2.65. The van der Waals surface area contributed by atoms with E-state index in [4.69, 9.17) is 0 Å². The molecule has 1 heterocycles. The summed E-state index contributed by atoms with van der Waals surface area (Å²) >= 11 is 0. The minimum atomic E-state index is -0.611. The van der Waals surface area contributed by atoms with Crippen molar-refractivity contribution in [3.8, 4) is 0 Å². The molecule has 1 unspecified atom stereocenters. The van der Waals surface area contributed by atoms with Crippen molar-refractivity contribution in [2.24, 2.45) is 0 Å². The molecule has 1 aliphatic heterocycles. The van der Waals surface area contributed by atoms with E-state index in [-0.39, 0.29) is 18.4 Å². The lowest BCUT2D eigenvalue weighted by molar-refractivity contribution is -0.131. The SMILES string of the molecule is O=C1NCC(=O)N(c2ccccc2)C1c1ccccc1. The van der Waals surface area contributed by atoms with Gasteiger partial charge in [-0.15, -0.1) is 0 Å². The number of carbonyl (C=O) groups excluding carboxylic acids is 2. The number of nitrogens with zero attached hydrogens (tertiary/aromatic N) is 1. The largest absolute Gasteiger partial charge is 0.345 e. The van der Waals surface area contributed by atoms with Gasteiger partial charge in [0, 0.05) is 5.69 Å². The molecule has 100 valence electrons. The maximum absolute atomic E-state index is 12.2. The third kappa shape index (κ3) is 2.16. The van der Waals surface area contributed by atoms with E-state index in [1.165, 1.54) is 0 Å². The average Bonchev–Trinajstić information content (AvgIpc) is 2.51. The van der Waals surface area contributed by atoms with Crippen LogP contribution in [0.25, 0.3) is 0 Å². The fourth-order valence-electron chi connectivity index (χ4n) is 2.42. The van der Waals surface area contributed by atoms with Gasteiger partial charge in [0.05, 0.1) is 6.54 Å². The molecule has 0 bridgehead atoms. The lowest BCUT2D eigenvalue weighted by atomic mass is 10.0. The third-order valence-electron chi connectivity index (χ3n) is 3.34. The second kappa shape index (κ2) is 5.17. The quantitative estimate of drug-likeness (QED) is 0.902. The molecule has 3 rings (SSSR count). The molecule has 4 heteroatoms. The highest BCUT2D eigenvalue weighted by molar-refractivity contribution is 6.06. The van der Waals surface area contributed by atoms with Gasteiger partial charge < -0.3 is 5.32 Å². The van der Waals surface area contributed by atoms with Crippen LogP contribution >= 0.6 is 0 Å². The smallest absolute Gasteiger partial charge is 0.248 e. The first-order chi connectivity index (χ1) is 9.77. The first-order valence-corrected chi connectivity index (χ1v) is 6.47. The van der Waals surface area contributed by atoms with Crippen LogP contribution in [-0.4, -0.2) is 18.4 Å². The van der Waals surface area contributed by atoms with Crippen LogP contribution in [0, 0.1) is 0 Å². The van der Waals surface area contributed by atoms with Crippen LogP contribution in [0.1, 0.15) is 11.6 Å². The van der Waals surface area contributed by atoms with Crippen LogP contribution in [0.5, 0.6) is 0 Å². The van der Waals surface area contributed by atoms with Crippen LogP contribution in [0.4, 0.5) is 5.69 Å². The van der Waals surface area contributed by atoms with Crippen molar-refractivity contribution in [2.75, 3.05) is 11.4 Å². The first-order valence-electron chi connectivity index (χ1n) is 6.47. The number of rotatable bonds is 2. The number of hydrogen-bond donors (Lipinski definition) is 1. The molecule has 1 N–H and O–H groups in total. The summed E-state index contributed by atoms with van der Waals surface area (Å²) in [6.45, 7) is 0.0388. The molecule has 2 amide bonds. The van der Waals surface area contributed by atoms with Gasteiger partial charge in [0.2, 0.25) is 11.8 Å². The predicted molar refractivity (Wildman–Crippen MR) is 76.1 cm³/mol. The van der Waals surface area contributed by atoms with Crippen LogP contribution in [0.15, 0.2) is 60.7 Å². The summed E-state index contributed by atoms with van der Waals surface area (Å²) in [5.74, 6) is -0.260. The summed E-state index contributed by atoms with van der Waals surface area (Å²) in [6, 6.07) is 18.0. The maximum Gasteiger partial charge on any atom is 0.248 e. The van der Waals surface area contributed by atoms with Gasteiger partial charge >= 0.3 is 0 Å². The molecular formula is C16H14N2O2. The van der Waals surface area contributed by atoms with Gasteiger partial charge in [-0.05, 0) is 17.7 Å². The molecule has 0 spiro atoms. The van der Waals surface area contributed by atoms with E-state index in [1.807, 2.05) is 60.7 Å². The van der Waals surface area contributed by atoms with Crippen LogP contribution in [-0.2, 0) is 9.59 Å². The van der Waals surface area contributed by atoms with Crippen molar-refractivity contribution in [2.45, 2.75) is 6.04 Å². The number of anilines is 1. The van der Waals surface area contributed by atoms with Crippen molar-refractivity contribution in [1.29, 1.82) is 0 Å². The van der Waals surface area contributed by atoms with E-state index in [0.717, 1.165) is 11.3 Å². The number of hydrogen-bond acceptors (Lipinski definition) is 2. The van der Waals surface area contributed by atoms with E-state index >= 15 is 0 Å². The molecular weight excluding hydrogens is 252 g/mol. The summed E-state index contributed by atoms with van der Waals surface area (Å²) in [4.78, 5) is 26.0. The molecule has 1 saturated heterocycles. The Kier molecular flexibility index (Phi) is 3.21. The Morgan fingerprint density at radius 2 is 1.50 bits per heavy atom. The molecule has 2 aromatic carbocycles. The molecule has 1 aliphatic rings. The topological polar surface area (TPSA) is 49.4 Å². The normalized spacial score (nSPS) is 18.8. The number of carbonyl (C=O) groups is 2. The summed E-state index contributed by atoms with van der Waals surface area (Å²) in [7, 11) is 0. The summed E-state index contributed by atoms with van der Waals surface area (Å²) in [6.07, 6.45) is 0. The second-order valence-corrected chi connectivity index (χ2v) is 4.63. The zero-order valence-electron chi connectivity index (χ0n) is 10.8. The standard InChI is InChI=1S/C16H14N2O2/c19-14-11-17-16(20)15(12-7-3-1-4-8-12)18(14)13-9-5-2-6-10-13/h1-10,15H,11H2,(H,17,20). The minimum Gasteiger partial charge on any atom is -0.345 e. The first kappa shape index (κ1) is 12.4. The second-order valence-electron chi connectivity index (χ2n) is 4.63. The van der Waals surface area contributed by atoms with Gasteiger partial charge in [0.15, 0.2) is 0 Å². The Morgan fingerprint density at radius 1 is 0.900 bits per heavy atom. The lowest BCUT2D eigenvalue weighted by Crippen LogP contribution is -2.53. The van der Waals surface area contributed by atoms with Crippen molar-refractivity contribution < 1.29 is 9.59 Å². The Hall–Kier alpha value is -2.62. The van der Waals surface area contributed by atoms with E-state index in [1.54, 1.807) is 4.90 Å². The predicted octanol–water partition coefficient (Wildman–Crippen LogP) is 1.89. The van der Waals surface area contributed by atoms with E-state index < -0.39 is 6.04 Å². The number of benzene rings is 2. The van der Waals surface area contributed by atoms with E-state index in [9.17, 15) is 9.59 Å². The van der Waals surface area contributed by atoms with Crippen molar-refractivity contribution in [3.05, 3.63) is 66.2 Å². The highest BCUT2D eigenvalue weighted by Gasteiger charge is 2.36. The van der Waals surface area contributed by atoms with E-state index in [0.29, 0.717) is 0 Å². The highest BCUT2D eigenvalue weighted by atomic mass is 16.2. The van der Waals surface area contributed by atoms with Crippen LogP contribution < -0.4 is 10.2 Å². The summed E-state index contributed by atoms with van der Waals surface area (Å²) in [5.41, 5.74) is 1.54. The molecule has 0 aromatic heterocycles. The van der Waals surface area contributed by atoms with Crippen molar-refractivity contribution >= 4 is 17.5 Å². The van der Waals surface area contributed by atoms with Gasteiger partial charge in [-0.3, -0.25) is 14.5 Å². The van der Waals surface area contributed by atoms with Crippen LogP contribution in [0.2, 0.25) is 0 Å². The van der Waals surface area contributed by atoms with Gasteiger partial charge in [0.25, 0.3) is 0 Å². The van der Waals surface area contributed by atoms with Gasteiger partial charge in [-0.25, -0.2) is 0 Å². The Morgan fingerprint density at radius 3 is 2.15 bits per heavy atom. The van der Waals surface area contributed by atoms with Crippen molar-refractivity contribution in [1.82, 2.24) is 5.32 Å². The zero-order valence-corrected chi connectivity index (χ0v) is 10.8. The fourth-order valence-corrected chi connectivity index (χ4v) is 2.42. The molecule has 4 nitrogen and oxygen atoms in total. The summed E-state index contributed by atoms with van der Waals surface area (Å²) < 4.78 is 0. The fraction of sp³-hybridized carbons (Fsp3) is 0.125. The number of piperazine rings is 1. The number of nitrogens with one attached hydrogen (secondary N) is 1. The maximum atomic E-state index is 12.2. The Labute approximate surface area is 117 Å². The molecule has 1 fully saturated rings. The molecule has 0 radical (unpaired) electrons. The van der Waals surface area contributed by atoms with Gasteiger partial charge in [-0.1, -0.05) is 48.5 Å². The van der Waals surface area contributed by atoms with Crippen molar-refractivity contribution in [3.63, 3.8) is 0 Å². The average molecular weight is 266 g/mol. The monoisotopic (exact) mass is 266 g/mol. The van der Waals surface area contributed by atoms with Crippen LogP contribution in [0.3, 0.4) is 0 Å². The van der Waals surface area contributed by atoms with Gasteiger partial charge in [0.1, 0.15) is 6.04 Å². The Bertz CT molecular complexity index is 568. The minimum absolute atomic E-state index is 0.0388. The Balaban J connectivity index is 2.07. The highest BCUT2D eigenvalue weighted by Crippen LogP contribution is 2.29. The zero-order chi connectivity index (χ0) is 13.9. The molecule has 1 atom stereocenters. The molecule has 0 aliphatic carbocycles. The lowest BCUT2D eigenvalue weighted by Gasteiger charge is -2.35. The molecule has 20 heavy (non-hydrogen) atoms. The molecule has 2 aromatic rings. The number of para-hydroxylation sites is 1.